The van der Waals surface area contributed by atoms with Crippen LogP contribution >= 0.6 is 11.8 Å². The minimum atomic E-state index is -0.234. The summed E-state index contributed by atoms with van der Waals surface area (Å²) in [6, 6.07) is 16.9. The summed E-state index contributed by atoms with van der Waals surface area (Å²) >= 11 is 1.57. The molecule has 4 rings (SSSR count). The maximum Gasteiger partial charge on any atom is 0.293 e. The SMILES string of the molecule is Cc1cccc(-c2ccccc2CSc2nnc3c(=O)[nH]ccn23)c1. The van der Waals surface area contributed by atoms with Crippen LogP contribution in [0.4, 0.5) is 0 Å². The number of aryl methyl sites for hydroxylation is 1. The zero-order valence-corrected chi connectivity index (χ0v) is 14.5. The first-order valence-electron chi connectivity index (χ1n) is 7.92. The number of fused-ring (bicyclic) bond motifs is 1. The zero-order chi connectivity index (χ0) is 17.2. The van der Waals surface area contributed by atoms with Gasteiger partial charge >= 0.3 is 0 Å². The molecule has 25 heavy (non-hydrogen) atoms. The lowest BCUT2D eigenvalue weighted by Crippen LogP contribution is -2.08. The van der Waals surface area contributed by atoms with Gasteiger partial charge < -0.3 is 4.98 Å². The standard InChI is InChI=1S/C19H16N4OS/c1-13-5-4-7-14(11-13)16-8-3-2-6-15(16)12-25-19-22-21-17-18(24)20-9-10-23(17)19/h2-11H,12H2,1H3,(H,20,24). The Labute approximate surface area is 148 Å². The van der Waals surface area contributed by atoms with Crippen LogP contribution in [0.25, 0.3) is 16.8 Å². The average Bonchev–Trinajstić information content (AvgIpc) is 3.05. The molecule has 1 N–H and O–H groups in total. The minimum absolute atomic E-state index is 0.234. The molecule has 0 aliphatic rings. The quantitative estimate of drug-likeness (QED) is 0.571. The molecule has 2 heterocycles. The van der Waals surface area contributed by atoms with E-state index in [0.29, 0.717) is 10.8 Å². The highest BCUT2D eigenvalue weighted by Crippen LogP contribution is 2.29. The number of rotatable bonds is 4. The number of aromatic amines is 1. The van der Waals surface area contributed by atoms with E-state index >= 15 is 0 Å². The maximum absolute atomic E-state index is 11.7. The van der Waals surface area contributed by atoms with E-state index in [2.05, 4.69) is 64.6 Å². The Hall–Kier alpha value is -2.86. The summed E-state index contributed by atoms with van der Waals surface area (Å²) in [5, 5.41) is 8.82. The van der Waals surface area contributed by atoms with Gasteiger partial charge in [-0.1, -0.05) is 65.9 Å². The van der Waals surface area contributed by atoms with Crippen molar-refractivity contribution in [1.29, 1.82) is 0 Å². The molecule has 0 amide bonds. The summed E-state index contributed by atoms with van der Waals surface area (Å²) in [5.74, 6) is 0.748. The van der Waals surface area contributed by atoms with Gasteiger partial charge in [-0.2, -0.15) is 0 Å². The van der Waals surface area contributed by atoms with Gasteiger partial charge in [0.05, 0.1) is 0 Å². The van der Waals surface area contributed by atoms with Crippen molar-refractivity contribution in [2.45, 2.75) is 17.8 Å². The monoisotopic (exact) mass is 348 g/mol. The molecule has 0 saturated carbocycles. The number of nitrogens with zero attached hydrogens (tertiary/aromatic N) is 3. The van der Waals surface area contributed by atoms with Gasteiger partial charge in [-0.15, -0.1) is 10.2 Å². The lowest BCUT2D eigenvalue weighted by Gasteiger charge is -2.10. The Kier molecular flexibility index (Phi) is 4.11. The van der Waals surface area contributed by atoms with Crippen molar-refractivity contribution in [2.75, 3.05) is 0 Å². The summed E-state index contributed by atoms with van der Waals surface area (Å²) < 4.78 is 1.72. The van der Waals surface area contributed by atoms with Crippen LogP contribution in [0.2, 0.25) is 0 Å². The van der Waals surface area contributed by atoms with E-state index in [0.717, 1.165) is 5.75 Å². The number of H-pyrrole nitrogens is 1. The van der Waals surface area contributed by atoms with Gasteiger partial charge in [0.25, 0.3) is 5.56 Å². The van der Waals surface area contributed by atoms with Crippen molar-refractivity contribution < 1.29 is 0 Å². The third kappa shape index (κ3) is 3.08. The zero-order valence-electron chi connectivity index (χ0n) is 13.6. The summed E-state index contributed by atoms with van der Waals surface area (Å²) in [5.41, 5.74) is 4.96. The van der Waals surface area contributed by atoms with Crippen LogP contribution in [-0.4, -0.2) is 19.6 Å². The van der Waals surface area contributed by atoms with Crippen molar-refractivity contribution in [3.05, 3.63) is 82.4 Å². The van der Waals surface area contributed by atoms with E-state index in [4.69, 9.17) is 0 Å². The lowest BCUT2D eigenvalue weighted by atomic mass is 9.99. The van der Waals surface area contributed by atoms with Crippen molar-refractivity contribution in [3.8, 4) is 11.1 Å². The van der Waals surface area contributed by atoms with Crippen LogP contribution in [0.1, 0.15) is 11.1 Å². The van der Waals surface area contributed by atoms with E-state index in [-0.39, 0.29) is 5.56 Å². The van der Waals surface area contributed by atoms with Gasteiger partial charge in [0.1, 0.15) is 0 Å². The molecule has 0 radical (unpaired) electrons. The first kappa shape index (κ1) is 15.7. The molecule has 0 bridgehead atoms. The van der Waals surface area contributed by atoms with E-state index < -0.39 is 0 Å². The van der Waals surface area contributed by atoms with Gasteiger partial charge in [-0.25, -0.2) is 0 Å². The highest BCUT2D eigenvalue weighted by Gasteiger charge is 2.11. The topological polar surface area (TPSA) is 63.0 Å². The summed E-state index contributed by atoms with van der Waals surface area (Å²) in [4.78, 5) is 14.4. The van der Waals surface area contributed by atoms with Gasteiger partial charge in [0.15, 0.2) is 5.16 Å². The van der Waals surface area contributed by atoms with Crippen molar-refractivity contribution >= 4 is 17.4 Å². The smallest absolute Gasteiger partial charge is 0.293 e. The van der Waals surface area contributed by atoms with E-state index in [9.17, 15) is 4.79 Å². The Morgan fingerprint density at radius 2 is 2.00 bits per heavy atom. The molecule has 0 spiro atoms. The largest absolute Gasteiger partial charge is 0.324 e. The molecule has 0 aliphatic heterocycles. The van der Waals surface area contributed by atoms with Crippen molar-refractivity contribution in [1.82, 2.24) is 19.6 Å². The van der Waals surface area contributed by atoms with E-state index in [1.165, 1.54) is 22.3 Å². The number of nitrogens with one attached hydrogen (secondary N) is 1. The first-order chi connectivity index (χ1) is 12.2. The highest BCUT2D eigenvalue weighted by atomic mass is 32.2. The van der Waals surface area contributed by atoms with Gasteiger partial charge in [0, 0.05) is 18.1 Å². The normalized spacial score (nSPS) is 11.1. The summed E-state index contributed by atoms with van der Waals surface area (Å²) in [6.07, 6.45) is 3.37. The predicted octanol–water partition coefficient (Wildman–Crippen LogP) is 3.69. The van der Waals surface area contributed by atoms with Gasteiger partial charge in [-0.05, 0) is 23.6 Å². The molecule has 4 aromatic rings. The Morgan fingerprint density at radius 3 is 2.88 bits per heavy atom. The molecule has 2 aromatic heterocycles. The van der Waals surface area contributed by atoms with Crippen LogP contribution in [0.15, 0.2) is 70.9 Å². The highest BCUT2D eigenvalue weighted by molar-refractivity contribution is 7.98. The number of hydrogen-bond acceptors (Lipinski definition) is 4. The van der Waals surface area contributed by atoms with E-state index in [1.807, 2.05) is 6.07 Å². The molecule has 0 aliphatic carbocycles. The third-order valence-corrected chi connectivity index (χ3v) is 5.00. The first-order valence-corrected chi connectivity index (χ1v) is 8.91. The molecular weight excluding hydrogens is 332 g/mol. The van der Waals surface area contributed by atoms with Crippen LogP contribution in [0.5, 0.6) is 0 Å². The summed E-state index contributed by atoms with van der Waals surface area (Å²) in [7, 11) is 0. The second-order valence-electron chi connectivity index (χ2n) is 5.78. The summed E-state index contributed by atoms with van der Waals surface area (Å²) in [6.45, 7) is 2.10. The number of thioether (sulfide) groups is 1. The molecule has 0 unspecified atom stereocenters. The van der Waals surface area contributed by atoms with Crippen molar-refractivity contribution in [2.24, 2.45) is 0 Å². The van der Waals surface area contributed by atoms with Crippen LogP contribution in [0.3, 0.4) is 0 Å². The molecule has 0 saturated heterocycles. The fraction of sp³-hybridized carbons (Fsp3) is 0.105. The average molecular weight is 348 g/mol. The van der Waals surface area contributed by atoms with Gasteiger partial charge in [0.2, 0.25) is 5.65 Å². The third-order valence-electron chi connectivity index (χ3n) is 4.01. The van der Waals surface area contributed by atoms with Crippen LogP contribution in [0, 0.1) is 6.92 Å². The molecule has 6 heteroatoms. The second kappa shape index (κ2) is 6.57. The number of aromatic nitrogens is 4. The molecule has 124 valence electrons. The Bertz CT molecular complexity index is 1100. The molecule has 0 atom stereocenters. The maximum atomic E-state index is 11.7. The van der Waals surface area contributed by atoms with Crippen LogP contribution < -0.4 is 5.56 Å². The molecule has 0 fully saturated rings. The fourth-order valence-corrected chi connectivity index (χ4v) is 3.72. The lowest BCUT2D eigenvalue weighted by molar-refractivity contribution is 0.915. The molecule has 2 aromatic carbocycles. The predicted molar refractivity (Wildman–Crippen MR) is 99.8 cm³/mol. The number of hydrogen-bond donors (Lipinski definition) is 1. The second-order valence-corrected chi connectivity index (χ2v) is 6.72. The Balaban J connectivity index is 1.65. The molecular formula is C19H16N4OS. The minimum Gasteiger partial charge on any atom is -0.324 e. The van der Waals surface area contributed by atoms with Crippen molar-refractivity contribution in [3.63, 3.8) is 0 Å². The van der Waals surface area contributed by atoms with Crippen LogP contribution in [-0.2, 0) is 5.75 Å². The number of benzene rings is 2. The molecule has 5 nitrogen and oxygen atoms in total. The van der Waals surface area contributed by atoms with E-state index in [1.54, 1.807) is 28.6 Å². The Morgan fingerprint density at radius 1 is 1.12 bits per heavy atom. The fourth-order valence-electron chi connectivity index (χ4n) is 2.80. The van der Waals surface area contributed by atoms with Gasteiger partial charge in [-0.3, -0.25) is 9.20 Å².